The van der Waals surface area contributed by atoms with Crippen LogP contribution in [0.25, 0.3) is 0 Å². The molecule has 0 fully saturated rings. The molecule has 0 aliphatic carbocycles. The molecule has 1 heterocycles. The maximum absolute atomic E-state index is 10.4. The second kappa shape index (κ2) is 5.52. The Morgan fingerprint density at radius 2 is 2.06 bits per heavy atom. The van der Waals surface area contributed by atoms with Crippen molar-refractivity contribution in [3.63, 3.8) is 0 Å². The van der Waals surface area contributed by atoms with E-state index in [0.29, 0.717) is 13.1 Å². The Kier molecular flexibility index (Phi) is 4.31. The zero-order valence-corrected chi connectivity index (χ0v) is 10.6. The monoisotopic (exact) mass is 236 g/mol. The number of urea groups is 1. The number of anilines is 1. The fraction of sp³-hybridized carbons (Fsp3) is 0.500. The Morgan fingerprint density at radius 3 is 2.53 bits per heavy atom. The predicted octanol–water partition coefficient (Wildman–Crippen LogP) is 1.46. The lowest BCUT2D eigenvalue weighted by molar-refractivity contribution is 0.249. The molecule has 0 aromatic carbocycles. The van der Waals surface area contributed by atoms with Crippen molar-refractivity contribution in [3.8, 4) is 0 Å². The van der Waals surface area contributed by atoms with E-state index in [-0.39, 0.29) is 5.41 Å². The standard InChI is InChI=1S/C12H20N4O/c1-12(2,3)9-4-5-10(16-8-9)14-6-7-15-11(13)17/h4-5,8H,6-7H2,1-3H3,(H,14,16)(H3,13,15,17). The summed E-state index contributed by atoms with van der Waals surface area (Å²) in [5.74, 6) is 0.796. The molecule has 5 nitrogen and oxygen atoms in total. The van der Waals surface area contributed by atoms with Gasteiger partial charge in [0.2, 0.25) is 0 Å². The number of pyridine rings is 1. The molecule has 0 atom stereocenters. The van der Waals surface area contributed by atoms with Gasteiger partial charge in [0.05, 0.1) is 0 Å². The van der Waals surface area contributed by atoms with Gasteiger partial charge in [-0.2, -0.15) is 0 Å². The van der Waals surface area contributed by atoms with E-state index in [4.69, 9.17) is 5.73 Å². The quantitative estimate of drug-likeness (QED) is 0.692. The molecule has 0 saturated carbocycles. The number of primary amides is 1. The topological polar surface area (TPSA) is 80.0 Å². The van der Waals surface area contributed by atoms with Crippen LogP contribution in [0.15, 0.2) is 18.3 Å². The molecular formula is C12H20N4O. The SMILES string of the molecule is CC(C)(C)c1ccc(NCCNC(N)=O)nc1. The second-order valence-corrected chi connectivity index (χ2v) is 4.90. The highest BCUT2D eigenvalue weighted by Crippen LogP contribution is 2.21. The highest BCUT2D eigenvalue weighted by atomic mass is 16.2. The minimum absolute atomic E-state index is 0.110. The molecule has 0 radical (unpaired) electrons. The number of nitrogens with one attached hydrogen (secondary N) is 2. The molecule has 0 aliphatic heterocycles. The van der Waals surface area contributed by atoms with Crippen molar-refractivity contribution in [1.29, 1.82) is 0 Å². The molecule has 17 heavy (non-hydrogen) atoms. The fourth-order valence-electron chi connectivity index (χ4n) is 1.32. The Balaban J connectivity index is 2.43. The van der Waals surface area contributed by atoms with Crippen LogP contribution in [-0.2, 0) is 5.41 Å². The van der Waals surface area contributed by atoms with Crippen LogP contribution in [0.3, 0.4) is 0 Å². The minimum atomic E-state index is -0.511. The summed E-state index contributed by atoms with van der Waals surface area (Å²) in [7, 11) is 0. The van der Waals surface area contributed by atoms with Crippen LogP contribution in [-0.4, -0.2) is 24.1 Å². The average molecular weight is 236 g/mol. The Bertz CT molecular complexity index is 367. The van der Waals surface area contributed by atoms with Crippen LogP contribution >= 0.6 is 0 Å². The van der Waals surface area contributed by atoms with E-state index in [1.54, 1.807) is 0 Å². The van der Waals surface area contributed by atoms with E-state index in [1.807, 2.05) is 12.3 Å². The van der Waals surface area contributed by atoms with Gasteiger partial charge in [-0.1, -0.05) is 26.8 Å². The van der Waals surface area contributed by atoms with Crippen LogP contribution in [0.5, 0.6) is 0 Å². The molecule has 94 valence electrons. The number of nitrogens with two attached hydrogens (primary N) is 1. The summed E-state index contributed by atoms with van der Waals surface area (Å²) < 4.78 is 0. The van der Waals surface area contributed by atoms with Crippen LogP contribution in [0, 0.1) is 0 Å². The van der Waals surface area contributed by atoms with E-state index in [9.17, 15) is 4.79 Å². The van der Waals surface area contributed by atoms with Gasteiger partial charge in [0.15, 0.2) is 0 Å². The van der Waals surface area contributed by atoms with Crippen molar-refractivity contribution in [1.82, 2.24) is 10.3 Å². The molecule has 1 aromatic heterocycles. The number of nitrogens with zero attached hydrogens (tertiary/aromatic N) is 1. The van der Waals surface area contributed by atoms with Gasteiger partial charge in [0, 0.05) is 19.3 Å². The molecule has 0 aliphatic rings. The van der Waals surface area contributed by atoms with Gasteiger partial charge in [0.25, 0.3) is 0 Å². The molecule has 4 N–H and O–H groups in total. The summed E-state index contributed by atoms with van der Waals surface area (Å²) >= 11 is 0. The second-order valence-electron chi connectivity index (χ2n) is 4.90. The minimum Gasteiger partial charge on any atom is -0.368 e. The number of rotatable bonds is 4. The number of carbonyl (C=O) groups is 1. The lowest BCUT2D eigenvalue weighted by atomic mass is 9.88. The zero-order valence-electron chi connectivity index (χ0n) is 10.6. The van der Waals surface area contributed by atoms with Gasteiger partial charge in [0.1, 0.15) is 5.82 Å². The number of amides is 2. The van der Waals surface area contributed by atoms with Gasteiger partial charge in [-0.25, -0.2) is 9.78 Å². The summed E-state index contributed by atoms with van der Waals surface area (Å²) in [4.78, 5) is 14.7. The molecule has 1 aromatic rings. The van der Waals surface area contributed by atoms with E-state index in [0.717, 1.165) is 5.82 Å². The van der Waals surface area contributed by atoms with Crippen LogP contribution in [0.4, 0.5) is 10.6 Å². The molecule has 0 bridgehead atoms. The van der Waals surface area contributed by atoms with Crippen molar-refractivity contribution in [2.24, 2.45) is 5.73 Å². The first kappa shape index (κ1) is 13.3. The van der Waals surface area contributed by atoms with Crippen LogP contribution < -0.4 is 16.4 Å². The van der Waals surface area contributed by atoms with Gasteiger partial charge >= 0.3 is 6.03 Å². The molecule has 0 spiro atoms. The summed E-state index contributed by atoms with van der Waals surface area (Å²) in [6, 6.07) is 3.48. The Morgan fingerprint density at radius 1 is 1.35 bits per heavy atom. The number of hydrogen-bond acceptors (Lipinski definition) is 3. The molecule has 5 heteroatoms. The molecule has 2 amide bonds. The van der Waals surface area contributed by atoms with E-state index < -0.39 is 6.03 Å². The Hall–Kier alpha value is -1.78. The smallest absolute Gasteiger partial charge is 0.312 e. The van der Waals surface area contributed by atoms with Crippen molar-refractivity contribution < 1.29 is 4.79 Å². The van der Waals surface area contributed by atoms with Crippen LogP contribution in [0.1, 0.15) is 26.3 Å². The average Bonchev–Trinajstić information content (AvgIpc) is 2.23. The third-order valence-electron chi connectivity index (χ3n) is 2.36. The van der Waals surface area contributed by atoms with E-state index in [2.05, 4.69) is 42.5 Å². The largest absolute Gasteiger partial charge is 0.368 e. The third kappa shape index (κ3) is 4.72. The molecule has 0 unspecified atom stereocenters. The lowest BCUT2D eigenvalue weighted by Crippen LogP contribution is -2.33. The van der Waals surface area contributed by atoms with E-state index >= 15 is 0 Å². The zero-order chi connectivity index (χ0) is 12.9. The number of carbonyl (C=O) groups excluding carboxylic acids is 1. The maximum Gasteiger partial charge on any atom is 0.312 e. The third-order valence-corrected chi connectivity index (χ3v) is 2.36. The van der Waals surface area contributed by atoms with Crippen molar-refractivity contribution in [3.05, 3.63) is 23.9 Å². The highest BCUT2D eigenvalue weighted by molar-refractivity contribution is 5.71. The maximum atomic E-state index is 10.4. The van der Waals surface area contributed by atoms with Crippen LogP contribution in [0.2, 0.25) is 0 Å². The summed E-state index contributed by atoms with van der Waals surface area (Å²) in [5.41, 5.74) is 6.25. The van der Waals surface area contributed by atoms with Crippen molar-refractivity contribution >= 4 is 11.8 Å². The van der Waals surface area contributed by atoms with Gasteiger partial charge in [-0.3, -0.25) is 0 Å². The summed E-state index contributed by atoms with van der Waals surface area (Å²) in [6.07, 6.45) is 1.86. The summed E-state index contributed by atoms with van der Waals surface area (Å²) in [5, 5.41) is 5.60. The normalized spacial score (nSPS) is 11.0. The highest BCUT2D eigenvalue weighted by Gasteiger charge is 2.13. The first-order valence-corrected chi connectivity index (χ1v) is 5.63. The predicted molar refractivity (Wildman–Crippen MR) is 69.0 cm³/mol. The molecule has 1 rings (SSSR count). The Labute approximate surface area is 102 Å². The van der Waals surface area contributed by atoms with Crippen molar-refractivity contribution in [2.45, 2.75) is 26.2 Å². The van der Waals surface area contributed by atoms with Crippen molar-refractivity contribution in [2.75, 3.05) is 18.4 Å². The van der Waals surface area contributed by atoms with Gasteiger partial charge in [-0.15, -0.1) is 0 Å². The van der Waals surface area contributed by atoms with Gasteiger partial charge < -0.3 is 16.4 Å². The van der Waals surface area contributed by atoms with E-state index in [1.165, 1.54) is 5.56 Å². The fourth-order valence-corrected chi connectivity index (χ4v) is 1.32. The first-order valence-electron chi connectivity index (χ1n) is 5.63. The molecular weight excluding hydrogens is 216 g/mol. The first-order chi connectivity index (χ1) is 7.89. The lowest BCUT2D eigenvalue weighted by Gasteiger charge is -2.18. The number of aromatic nitrogens is 1. The number of hydrogen-bond donors (Lipinski definition) is 3. The summed E-state index contributed by atoms with van der Waals surface area (Å²) in [6.45, 7) is 7.53. The molecule has 0 saturated heterocycles. The van der Waals surface area contributed by atoms with Gasteiger partial charge in [-0.05, 0) is 17.0 Å².